The lowest BCUT2D eigenvalue weighted by molar-refractivity contribution is -0.145. The number of aliphatic imine (C=N–C) groups is 1. The molecule has 182 valence electrons. The third kappa shape index (κ3) is 3.94. The van der Waals surface area contributed by atoms with Gasteiger partial charge in [0.15, 0.2) is 0 Å². The number of nitrogens with zero attached hydrogens (tertiary/aromatic N) is 3. The largest absolute Gasteiger partial charge is 0.469 e. The molecule has 5 rings (SSSR count). The number of anilines is 1. The van der Waals surface area contributed by atoms with Gasteiger partial charge in [0.05, 0.1) is 36.0 Å². The molecule has 0 aliphatic carbocycles. The fraction of sp³-hybridized carbons (Fsp3) is 0.308. The minimum Gasteiger partial charge on any atom is -0.469 e. The Hall–Kier alpha value is -3.43. The average molecular weight is 493 g/mol. The molecule has 1 saturated heterocycles. The second-order valence-electron chi connectivity index (χ2n) is 9.72. The molecule has 3 aromatic rings. The molecule has 0 aromatic heterocycles. The van der Waals surface area contributed by atoms with E-state index in [1.807, 2.05) is 69.3 Å². The number of ether oxygens (including phenoxy) is 1. The van der Waals surface area contributed by atoms with Crippen LogP contribution in [0.15, 0.2) is 76.6 Å². The van der Waals surface area contributed by atoms with Gasteiger partial charge in [-0.3, -0.25) is 9.80 Å². The summed E-state index contributed by atoms with van der Waals surface area (Å²) in [6.45, 7) is 5.75. The predicted molar refractivity (Wildman–Crippen MR) is 135 cm³/mol. The van der Waals surface area contributed by atoms with E-state index in [0.717, 1.165) is 16.6 Å². The lowest BCUT2D eigenvalue weighted by atomic mass is 9.91. The van der Waals surface area contributed by atoms with Crippen LogP contribution >= 0.6 is 0 Å². The number of fused-ring (bicyclic) bond motifs is 4. The van der Waals surface area contributed by atoms with Gasteiger partial charge < -0.3 is 10.1 Å². The summed E-state index contributed by atoms with van der Waals surface area (Å²) in [5.41, 5.74) is 1.10. The molecule has 2 atom stereocenters. The average Bonchev–Trinajstić information content (AvgIpc) is 3.25. The minimum absolute atomic E-state index is 0.0674. The fourth-order valence-corrected chi connectivity index (χ4v) is 6.51. The summed E-state index contributed by atoms with van der Waals surface area (Å²) in [5, 5.41) is 6.37. The number of benzene rings is 3. The maximum Gasteiger partial charge on any atom is 0.312 e. The normalized spacial score (nSPS) is 21.5. The number of rotatable bonds is 3. The van der Waals surface area contributed by atoms with Gasteiger partial charge in [-0.05, 0) is 38.3 Å². The Morgan fingerprint density at radius 1 is 1.03 bits per heavy atom. The molecule has 8 nitrogen and oxygen atoms in total. The highest BCUT2D eigenvalue weighted by Gasteiger charge is 2.54. The summed E-state index contributed by atoms with van der Waals surface area (Å²) in [7, 11) is -2.75. The van der Waals surface area contributed by atoms with Crippen LogP contribution in [0.25, 0.3) is 10.8 Å². The molecule has 0 saturated carbocycles. The van der Waals surface area contributed by atoms with E-state index in [0.29, 0.717) is 11.3 Å². The van der Waals surface area contributed by atoms with Gasteiger partial charge in [-0.15, -0.1) is 4.41 Å². The molecular weight excluding hydrogens is 464 g/mol. The first kappa shape index (κ1) is 23.3. The molecule has 35 heavy (non-hydrogen) atoms. The van der Waals surface area contributed by atoms with Gasteiger partial charge in [0.25, 0.3) is 10.0 Å². The molecule has 3 aromatic carbocycles. The Labute approximate surface area is 205 Å². The number of hydrogen-bond donors (Lipinski definition) is 1. The van der Waals surface area contributed by atoms with Crippen LogP contribution in [0.2, 0.25) is 0 Å². The second-order valence-corrected chi connectivity index (χ2v) is 11.5. The van der Waals surface area contributed by atoms with Gasteiger partial charge in [-0.2, -0.15) is 0 Å². The van der Waals surface area contributed by atoms with E-state index < -0.39 is 33.5 Å². The minimum atomic E-state index is -4.07. The van der Waals surface area contributed by atoms with Crippen molar-refractivity contribution in [3.8, 4) is 0 Å². The molecule has 0 unspecified atom stereocenters. The van der Waals surface area contributed by atoms with Gasteiger partial charge in [-0.1, -0.05) is 54.6 Å². The van der Waals surface area contributed by atoms with Gasteiger partial charge >= 0.3 is 5.97 Å². The standard InChI is InChI=1S/C26H28N4O4S/c1-26(2,3)28-25-27-21-14-8-7-13-19(21)23-20(24(31)34-4)16-29(30(23)25)35(32,33)22-15-9-11-17-10-5-6-12-18(17)22/h5-15,20,23H,16H2,1-4H3,(H,27,28)/t20-,23-/m1/s1. The molecule has 1 fully saturated rings. The predicted octanol–water partition coefficient (Wildman–Crippen LogP) is 4.17. The number of guanidine groups is 1. The van der Waals surface area contributed by atoms with Gasteiger partial charge in [0.1, 0.15) is 0 Å². The Balaban J connectivity index is 1.74. The van der Waals surface area contributed by atoms with E-state index >= 15 is 0 Å². The van der Waals surface area contributed by atoms with Crippen molar-refractivity contribution < 1.29 is 17.9 Å². The molecule has 2 aliphatic rings. The van der Waals surface area contributed by atoms with Crippen molar-refractivity contribution in [2.45, 2.75) is 37.2 Å². The molecule has 1 N–H and O–H groups in total. The van der Waals surface area contributed by atoms with Crippen LogP contribution in [0.3, 0.4) is 0 Å². The van der Waals surface area contributed by atoms with Crippen LogP contribution in [0, 0.1) is 5.92 Å². The molecule has 0 radical (unpaired) electrons. The number of carbonyl (C=O) groups is 1. The van der Waals surface area contributed by atoms with Crippen LogP contribution in [-0.2, 0) is 19.6 Å². The number of para-hydroxylation sites is 1. The Morgan fingerprint density at radius 2 is 1.71 bits per heavy atom. The number of nitrogens with one attached hydrogen (secondary N) is 1. The zero-order valence-electron chi connectivity index (χ0n) is 20.1. The number of hydrogen-bond acceptors (Lipinski definition) is 5. The third-order valence-corrected chi connectivity index (χ3v) is 8.02. The summed E-state index contributed by atoms with van der Waals surface area (Å²) >= 11 is 0. The van der Waals surface area contributed by atoms with Gasteiger partial charge in [-0.25, -0.2) is 13.4 Å². The van der Waals surface area contributed by atoms with Crippen molar-refractivity contribution in [2.24, 2.45) is 10.9 Å². The van der Waals surface area contributed by atoms with Crippen molar-refractivity contribution >= 4 is 38.4 Å². The molecule has 2 aliphatic heterocycles. The first-order chi connectivity index (χ1) is 16.6. The van der Waals surface area contributed by atoms with E-state index in [9.17, 15) is 13.2 Å². The summed E-state index contributed by atoms with van der Waals surface area (Å²) in [6.07, 6.45) is 0. The fourth-order valence-electron chi connectivity index (χ4n) is 4.80. The van der Waals surface area contributed by atoms with E-state index in [4.69, 9.17) is 9.73 Å². The number of hydrazine groups is 1. The quantitative estimate of drug-likeness (QED) is 0.552. The summed E-state index contributed by atoms with van der Waals surface area (Å²) in [6, 6.07) is 19.6. The lowest BCUT2D eigenvalue weighted by Gasteiger charge is -2.40. The number of esters is 1. The zero-order valence-corrected chi connectivity index (χ0v) is 20.9. The Kier molecular flexibility index (Phi) is 5.56. The van der Waals surface area contributed by atoms with E-state index in [-0.39, 0.29) is 11.4 Å². The molecule has 0 spiro atoms. The third-order valence-electron chi connectivity index (χ3n) is 6.23. The highest BCUT2D eigenvalue weighted by Crippen LogP contribution is 2.46. The van der Waals surface area contributed by atoms with Crippen LogP contribution in [-0.4, -0.2) is 49.0 Å². The SMILES string of the molecule is COC(=O)[C@@H]1CN(S(=O)(=O)c2cccc3ccccc23)N2C(=NC(C)(C)C)Nc3ccccc3[C@H]12. The number of methoxy groups -OCH3 is 1. The Bertz CT molecular complexity index is 1440. The van der Waals surface area contributed by atoms with Crippen LogP contribution in [0.5, 0.6) is 0 Å². The number of sulfonamides is 1. The highest BCUT2D eigenvalue weighted by molar-refractivity contribution is 7.89. The van der Waals surface area contributed by atoms with Crippen molar-refractivity contribution in [1.82, 2.24) is 9.42 Å². The van der Waals surface area contributed by atoms with Gasteiger partial charge in [0, 0.05) is 16.6 Å². The first-order valence-corrected chi connectivity index (χ1v) is 12.9. The maximum absolute atomic E-state index is 14.2. The molecule has 9 heteroatoms. The van der Waals surface area contributed by atoms with Crippen molar-refractivity contribution in [1.29, 1.82) is 0 Å². The first-order valence-electron chi connectivity index (χ1n) is 11.4. The smallest absolute Gasteiger partial charge is 0.312 e. The molecule has 0 amide bonds. The summed E-state index contributed by atoms with van der Waals surface area (Å²) in [5.74, 6) is -0.836. The van der Waals surface area contributed by atoms with E-state index in [1.54, 1.807) is 23.2 Å². The van der Waals surface area contributed by atoms with Crippen LogP contribution in [0.1, 0.15) is 32.4 Å². The lowest BCUT2D eigenvalue weighted by Crippen LogP contribution is -2.51. The van der Waals surface area contributed by atoms with E-state index in [1.165, 1.54) is 11.5 Å². The monoisotopic (exact) mass is 492 g/mol. The van der Waals surface area contributed by atoms with Crippen molar-refractivity contribution in [2.75, 3.05) is 19.0 Å². The van der Waals surface area contributed by atoms with Crippen molar-refractivity contribution in [3.05, 3.63) is 72.3 Å². The van der Waals surface area contributed by atoms with Crippen molar-refractivity contribution in [3.63, 3.8) is 0 Å². The zero-order chi connectivity index (χ0) is 25.0. The highest BCUT2D eigenvalue weighted by atomic mass is 32.2. The topological polar surface area (TPSA) is 91.3 Å². The molecule has 2 heterocycles. The second kappa shape index (κ2) is 8.35. The van der Waals surface area contributed by atoms with E-state index in [2.05, 4.69) is 5.32 Å². The summed E-state index contributed by atoms with van der Waals surface area (Å²) < 4.78 is 34.9. The molecule has 0 bridgehead atoms. The van der Waals surface area contributed by atoms with Gasteiger partial charge in [0.2, 0.25) is 5.96 Å². The summed E-state index contributed by atoms with van der Waals surface area (Å²) in [4.78, 5) is 18.0. The Morgan fingerprint density at radius 3 is 2.46 bits per heavy atom. The van der Waals surface area contributed by atoms with Crippen LogP contribution < -0.4 is 5.32 Å². The van der Waals surface area contributed by atoms with Crippen LogP contribution in [0.4, 0.5) is 5.69 Å². The number of carbonyl (C=O) groups excluding carboxylic acids is 1. The maximum atomic E-state index is 14.2. The molecular formula is C26H28N4O4S.